The molecule has 3 rings (SSSR count). The fourth-order valence-corrected chi connectivity index (χ4v) is 3.87. The third kappa shape index (κ3) is 4.54. The Hall–Kier alpha value is -2.67. The number of thiazole rings is 1. The molecule has 0 saturated carbocycles. The van der Waals surface area contributed by atoms with Gasteiger partial charge in [0.1, 0.15) is 17.1 Å². The Morgan fingerprint density at radius 1 is 1.30 bits per heavy atom. The number of benzene rings is 1. The Bertz CT molecular complexity index is 927. The maximum absolute atomic E-state index is 12.4. The van der Waals surface area contributed by atoms with Gasteiger partial charge in [-0.2, -0.15) is 0 Å². The smallest absolute Gasteiger partial charge is 0.341 e. The number of carbonyl (C=O) groups is 2. The molecule has 142 valence electrons. The summed E-state index contributed by atoms with van der Waals surface area (Å²) >= 11 is 1.67. The molecule has 0 spiro atoms. The van der Waals surface area contributed by atoms with Gasteiger partial charge < -0.3 is 14.1 Å². The lowest BCUT2D eigenvalue weighted by molar-refractivity contribution is -0.130. The first kappa shape index (κ1) is 19.1. The van der Waals surface area contributed by atoms with Crippen LogP contribution in [0.4, 0.5) is 0 Å². The standard InChI is InChI=1S/C20H22N2O4S/c1-13-15(20(24)25-3)11-14(26-13)12-22(2)19(23)10-6-9-18-21-16-7-4-5-8-17(16)27-18/h4-5,7-8,11H,6,9-10,12H2,1-3H3. The number of amides is 1. The number of furan rings is 1. The Morgan fingerprint density at radius 2 is 2.07 bits per heavy atom. The van der Waals surface area contributed by atoms with Crippen molar-refractivity contribution in [2.75, 3.05) is 14.2 Å². The molecule has 0 unspecified atom stereocenters. The van der Waals surface area contributed by atoms with Crippen LogP contribution in [0.15, 0.2) is 34.7 Å². The molecule has 2 heterocycles. The summed E-state index contributed by atoms with van der Waals surface area (Å²) in [7, 11) is 3.06. The summed E-state index contributed by atoms with van der Waals surface area (Å²) in [5.74, 6) is 0.653. The van der Waals surface area contributed by atoms with Gasteiger partial charge in [0, 0.05) is 13.5 Å². The third-order valence-corrected chi connectivity index (χ3v) is 5.41. The van der Waals surface area contributed by atoms with Crippen molar-refractivity contribution in [3.05, 3.63) is 52.4 Å². The van der Waals surface area contributed by atoms with Gasteiger partial charge >= 0.3 is 5.97 Å². The largest absolute Gasteiger partial charge is 0.465 e. The Morgan fingerprint density at radius 3 is 2.81 bits per heavy atom. The number of nitrogens with zero attached hydrogens (tertiary/aromatic N) is 2. The number of aromatic nitrogens is 1. The van der Waals surface area contributed by atoms with Crippen LogP contribution in [0.25, 0.3) is 10.2 Å². The van der Waals surface area contributed by atoms with E-state index in [0.717, 1.165) is 23.4 Å². The predicted molar refractivity (Wildman–Crippen MR) is 104 cm³/mol. The van der Waals surface area contributed by atoms with E-state index in [1.165, 1.54) is 11.8 Å². The van der Waals surface area contributed by atoms with Crippen molar-refractivity contribution in [3.63, 3.8) is 0 Å². The van der Waals surface area contributed by atoms with Crippen molar-refractivity contribution in [2.45, 2.75) is 32.7 Å². The first-order valence-corrected chi connectivity index (χ1v) is 9.55. The molecular weight excluding hydrogens is 364 g/mol. The Balaban J connectivity index is 1.51. The van der Waals surface area contributed by atoms with Gasteiger partial charge in [0.15, 0.2) is 0 Å². The van der Waals surface area contributed by atoms with E-state index in [0.29, 0.717) is 30.0 Å². The number of hydrogen-bond donors (Lipinski definition) is 0. The van der Waals surface area contributed by atoms with Gasteiger partial charge in [0.25, 0.3) is 0 Å². The fourth-order valence-electron chi connectivity index (χ4n) is 2.86. The fraction of sp³-hybridized carbons (Fsp3) is 0.350. The number of hydrogen-bond acceptors (Lipinski definition) is 6. The minimum Gasteiger partial charge on any atom is -0.465 e. The monoisotopic (exact) mass is 386 g/mol. The highest BCUT2D eigenvalue weighted by atomic mass is 32.1. The number of fused-ring (bicyclic) bond motifs is 1. The molecule has 0 atom stereocenters. The van der Waals surface area contributed by atoms with Gasteiger partial charge in [-0.15, -0.1) is 11.3 Å². The average molecular weight is 386 g/mol. The number of rotatable bonds is 7. The van der Waals surface area contributed by atoms with Gasteiger partial charge in [0.2, 0.25) is 5.91 Å². The van der Waals surface area contributed by atoms with Crippen molar-refractivity contribution >= 4 is 33.4 Å². The molecule has 0 aliphatic rings. The van der Waals surface area contributed by atoms with Gasteiger partial charge in [0.05, 0.1) is 28.9 Å². The SMILES string of the molecule is COC(=O)c1cc(CN(C)C(=O)CCCc2nc3ccccc3s2)oc1C. The molecule has 0 radical (unpaired) electrons. The number of carbonyl (C=O) groups excluding carboxylic acids is 2. The van der Waals surface area contributed by atoms with Crippen molar-refractivity contribution < 1.29 is 18.7 Å². The quantitative estimate of drug-likeness (QED) is 0.575. The maximum atomic E-state index is 12.4. The number of aryl methyl sites for hydroxylation is 2. The average Bonchev–Trinajstić information content (AvgIpc) is 3.23. The van der Waals surface area contributed by atoms with Crippen LogP contribution in [0, 0.1) is 6.92 Å². The van der Waals surface area contributed by atoms with E-state index in [9.17, 15) is 9.59 Å². The lowest BCUT2D eigenvalue weighted by atomic mass is 10.2. The number of esters is 1. The molecule has 0 fully saturated rings. The van der Waals surface area contributed by atoms with Crippen LogP contribution in [-0.2, 0) is 22.5 Å². The highest BCUT2D eigenvalue weighted by Gasteiger charge is 2.18. The molecule has 0 bridgehead atoms. The summed E-state index contributed by atoms with van der Waals surface area (Å²) in [6.45, 7) is 2.02. The summed E-state index contributed by atoms with van der Waals surface area (Å²) in [4.78, 5) is 30.2. The molecule has 6 nitrogen and oxygen atoms in total. The summed E-state index contributed by atoms with van der Waals surface area (Å²) in [5.41, 5.74) is 1.40. The highest BCUT2D eigenvalue weighted by molar-refractivity contribution is 7.18. The highest BCUT2D eigenvalue weighted by Crippen LogP contribution is 2.23. The number of para-hydroxylation sites is 1. The van der Waals surface area contributed by atoms with E-state index in [-0.39, 0.29) is 5.91 Å². The predicted octanol–water partition coefficient (Wildman–Crippen LogP) is 3.97. The van der Waals surface area contributed by atoms with Crippen LogP contribution in [0.1, 0.15) is 39.7 Å². The molecule has 1 aromatic carbocycles. The number of ether oxygens (including phenoxy) is 1. The van der Waals surface area contributed by atoms with E-state index in [1.54, 1.807) is 36.3 Å². The maximum Gasteiger partial charge on any atom is 0.341 e. The first-order chi connectivity index (χ1) is 13.0. The van der Waals surface area contributed by atoms with E-state index < -0.39 is 5.97 Å². The van der Waals surface area contributed by atoms with Crippen LogP contribution in [0.5, 0.6) is 0 Å². The second-order valence-electron chi connectivity index (χ2n) is 6.35. The van der Waals surface area contributed by atoms with Crippen LogP contribution in [-0.4, -0.2) is 35.9 Å². The summed E-state index contributed by atoms with van der Waals surface area (Å²) < 4.78 is 11.5. The van der Waals surface area contributed by atoms with Gasteiger partial charge in [-0.3, -0.25) is 4.79 Å². The normalized spacial score (nSPS) is 10.9. The second kappa shape index (κ2) is 8.35. The van der Waals surface area contributed by atoms with Crippen molar-refractivity contribution in [3.8, 4) is 0 Å². The zero-order valence-corrected chi connectivity index (χ0v) is 16.5. The second-order valence-corrected chi connectivity index (χ2v) is 7.47. The topological polar surface area (TPSA) is 72.6 Å². The molecule has 0 saturated heterocycles. The van der Waals surface area contributed by atoms with Crippen LogP contribution in [0.2, 0.25) is 0 Å². The molecule has 1 amide bonds. The lowest BCUT2D eigenvalue weighted by Crippen LogP contribution is -2.25. The molecule has 3 aromatic rings. The lowest BCUT2D eigenvalue weighted by Gasteiger charge is -2.15. The molecule has 0 N–H and O–H groups in total. The van der Waals surface area contributed by atoms with Gasteiger partial charge in [-0.25, -0.2) is 9.78 Å². The van der Waals surface area contributed by atoms with Gasteiger partial charge in [-0.05, 0) is 38.0 Å². The molecule has 2 aromatic heterocycles. The van der Waals surface area contributed by atoms with Crippen LogP contribution >= 0.6 is 11.3 Å². The molecule has 0 aliphatic heterocycles. The summed E-state index contributed by atoms with van der Waals surface area (Å²) in [6.07, 6.45) is 1.97. The van der Waals surface area contributed by atoms with Crippen molar-refractivity contribution in [1.82, 2.24) is 9.88 Å². The van der Waals surface area contributed by atoms with E-state index in [2.05, 4.69) is 11.1 Å². The number of methoxy groups -OCH3 is 1. The molecule has 7 heteroatoms. The first-order valence-electron chi connectivity index (χ1n) is 8.74. The zero-order valence-electron chi connectivity index (χ0n) is 15.7. The minimum absolute atomic E-state index is 0.0322. The van der Waals surface area contributed by atoms with Gasteiger partial charge in [-0.1, -0.05) is 12.1 Å². The Kier molecular flexibility index (Phi) is 5.91. The van der Waals surface area contributed by atoms with Crippen LogP contribution in [0.3, 0.4) is 0 Å². The summed E-state index contributed by atoms with van der Waals surface area (Å²) in [6, 6.07) is 9.68. The van der Waals surface area contributed by atoms with E-state index in [4.69, 9.17) is 9.15 Å². The molecular formula is C20H22N2O4S. The van der Waals surface area contributed by atoms with Crippen LogP contribution < -0.4 is 0 Å². The van der Waals surface area contributed by atoms with Crippen molar-refractivity contribution in [1.29, 1.82) is 0 Å². The van der Waals surface area contributed by atoms with E-state index >= 15 is 0 Å². The third-order valence-electron chi connectivity index (χ3n) is 4.31. The molecule has 0 aliphatic carbocycles. The zero-order chi connectivity index (χ0) is 19.4. The van der Waals surface area contributed by atoms with E-state index in [1.807, 2.05) is 18.2 Å². The van der Waals surface area contributed by atoms with Crippen molar-refractivity contribution in [2.24, 2.45) is 0 Å². The molecule has 27 heavy (non-hydrogen) atoms. The Labute approximate surface area is 161 Å². The minimum atomic E-state index is -0.438. The summed E-state index contributed by atoms with van der Waals surface area (Å²) in [5, 5.41) is 1.05.